The van der Waals surface area contributed by atoms with Crippen molar-refractivity contribution in [3.63, 3.8) is 0 Å². The van der Waals surface area contributed by atoms with E-state index in [2.05, 4.69) is 0 Å². The van der Waals surface area contributed by atoms with Crippen LogP contribution in [-0.4, -0.2) is 19.3 Å². The van der Waals surface area contributed by atoms with Gasteiger partial charge >= 0.3 is 0 Å². The Kier molecular flexibility index (Phi) is 5.00. The molecule has 2 aromatic carbocycles. The minimum absolute atomic E-state index is 0.277. The van der Waals surface area contributed by atoms with Crippen molar-refractivity contribution < 1.29 is 23.7 Å². The molecule has 1 N–H and O–H groups in total. The van der Waals surface area contributed by atoms with Gasteiger partial charge in [0.2, 0.25) is 0 Å². The molecule has 0 heterocycles. The smallest absolute Gasteiger partial charge is 0.161 e. The second-order valence-electron chi connectivity index (χ2n) is 4.39. The van der Waals surface area contributed by atoms with Crippen LogP contribution in [-0.2, 0) is 13.2 Å². The second kappa shape index (κ2) is 6.95. The summed E-state index contributed by atoms with van der Waals surface area (Å²) in [5.41, 5.74) is 1.29. The lowest BCUT2D eigenvalue weighted by Gasteiger charge is -2.12. The van der Waals surface area contributed by atoms with E-state index in [4.69, 9.17) is 14.2 Å². The zero-order valence-electron chi connectivity index (χ0n) is 11.9. The zero-order valence-corrected chi connectivity index (χ0v) is 11.9. The maximum absolute atomic E-state index is 13.1. The average Bonchev–Trinajstić information content (AvgIpc) is 2.53. The Bertz CT molecular complexity index is 613. The highest BCUT2D eigenvalue weighted by Crippen LogP contribution is 2.28. The number of aliphatic hydroxyl groups is 1. The molecule has 0 bridgehead atoms. The summed E-state index contributed by atoms with van der Waals surface area (Å²) in [7, 11) is 3.13. The molecule has 0 spiro atoms. The van der Waals surface area contributed by atoms with Gasteiger partial charge in [0.1, 0.15) is 18.2 Å². The topological polar surface area (TPSA) is 47.9 Å². The van der Waals surface area contributed by atoms with Gasteiger partial charge in [-0.15, -0.1) is 0 Å². The van der Waals surface area contributed by atoms with E-state index in [1.165, 1.54) is 18.2 Å². The predicted molar refractivity (Wildman–Crippen MR) is 76.2 cm³/mol. The van der Waals surface area contributed by atoms with Gasteiger partial charge in [-0.05, 0) is 35.9 Å². The summed E-state index contributed by atoms with van der Waals surface area (Å²) < 4.78 is 29.1. The van der Waals surface area contributed by atoms with Crippen LogP contribution >= 0.6 is 0 Å². The Morgan fingerprint density at radius 3 is 2.33 bits per heavy atom. The van der Waals surface area contributed by atoms with Gasteiger partial charge in [-0.25, -0.2) is 4.39 Å². The van der Waals surface area contributed by atoms with Gasteiger partial charge in [-0.1, -0.05) is 6.07 Å². The lowest BCUT2D eigenvalue weighted by Crippen LogP contribution is -2.00. The van der Waals surface area contributed by atoms with E-state index in [1.807, 2.05) is 6.07 Å². The van der Waals surface area contributed by atoms with Crippen molar-refractivity contribution in [2.45, 2.75) is 13.2 Å². The number of aliphatic hydroxyl groups excluding tert-OH is 1. The Morgan fingerprint density at radius 2 is 1.67 bits per heavy atom. The van der Waals surface area contributed by atoms with E-state index >= 15 is 0 Å². The molecule has 5 heteroatoms. The number of hydrogen-bond donors (Lipinski definition) is 1. The number of ether oxygens (including phenoxy) is 3. The largest absolute Gasteiger partial charge is 0.493 e. The first kappa shape index (κ1) is 15.1. The average molecular weight is 292 g/mol. The SMILES string of the molecule is COc1ccc(COc2ccc(F)cc2CO)cc1OC. The van der Waals surface area contributed by atoms with Gasteiger partial charge in [0, 0.05) is 5.56 Å². The molecule has 0 fully saturated rings. The standard InChI is InChI=1S/C16H17FO4/c1-19-15-5-3-11(7-16(15)20-2)10-21-14-6-4-13(17)8-12(14)9-18/h3-8,18H,9-10H2,1-2H3. The molecule has 112 valence electrons. The van der Waals surface area contributed by atoms with Crippen LogP contribution in [0.15, 0.2) is 36.4 Å². The van der Waals surface area contributed by atoms with Crippen LogP contribution in [0.3, 0.4) is 0 Å². The van der Waals surface area contributed by atoms with Gasteiger partial charge in [-0.3, -0.25) is 0 Å². The maximum atomic E-state index is 13.1. The van der Waals surface area contributed by atoms with Gasteiger partial charge < -0.3 is 19.3 Å². The normalized spacial score (nSPS) is 10.3. The minimum atomic E-state index is -0.405. The maximum Gasteiger partial charge on any atom is 0.161 e. The lowest BCUT2D eigenvalue weighted by atomic mass is 10.2. The summed E-state index contributed by atoms with van der Waals surface area (Å²) in [6, 6.07) is 9.49. The van der Waals surface area contributed by atoms with Crippen molar-refractivity contribution in [1.29, 1.82) is 0 Å². The molecular formula is C16H17FO4. The fourth-order valence-electron chi connectivity index (χ4n) is 1.94. The number of benzene rings is 2. The predicted octanol–water partition coefficient (Wildman–Crippen LogP) is 2.91. The molecule has 0 aliphatic heterocycles. The zero-order chi connectivity index (χ0) is 15.2. The van der Waals surface area contributed by atoms with Crippen LogP contribution in [0.2, 0.25) is 0 Å². The third kappa shape index (κ3) is 3.64. The third-order valence-corrected chi connectivity index (χ3v) is 3.04. The second-order valence-corrected chi connectivity index (χ2v) is 4.39. The van der Waals surface area contributed by atoms with E-state index in [1.54, 1.807) is 26.4 Å². The molecule has 21 heavy (non-hydrogen) atoms. The summed E-state index contributed by atoms with van der Waals surface area (Å²) in [5, 5.41) is 9.21. The molecule has 2 rings (SSSR count). The molecule has 0 aromatic heterocycles. The molecule has 0 unspecified atom stereocenters. The fraction of sp³-hybridized carbons (Fsp3) is 0.250. The third-order valence-electron chi connectivity index (χ3n) is 3.04. The summed E-state index contributed by atoms with van der Waals surface area (Å²) in [5.74, 6) is 1.30. The van der Waals surface area contributed by atoms with Crippen LogP contribution < -0.4 is 14.2 Å². The number of hydrogen-bond acceptors (Lipinski definition) is 4. The first-order valence-electron chi connectivity index (χ1n) is 6.41. The minimum Gasteiger partial charge on any atom is -0.493 e. The summed E-state index contributed by atoms with van der Waals surface area (Å²) in [6.07, 6.45) is 0. The number of halogens is 1. The van der Waals surface area contributed by atoms with Gasteiger partial charge in [0.05, 0.1) is 20.8 Å². The molecule has 0 radical (unpaired) electrons. The molecule has 0 aliphatic rings. The first-order valence-corrected chi connectivity index (χ1v) is 6.41. The summed E-state index contributed by atoms with van der Waals surface area (Å²) in [6.45, 7) is -0.00197. The van der Waals surface area contributed by atoms with Crippen LogP contribution in [0.25, 0.3) is 0 Å². The van der Waals surface area contributed by atoms with Gasteiger partial charge in [0.25, 0.3) is 0 Å². The van der Waals surface area contributed by atoms with Crippen LogP contribution in [0.5, 0.6) is 17.2 Å². The first-order chi connectivity index (χ1) is 10.2. The highest BCUT2D eigenvalue weighted by molar-refractivity contribution is 5.43. The van der Waals surface area contributed by atoms with Gasteiger partial charge in [0.15, 0.2) is 11.5 Å². The van der Waals surface area contributed by atoms with Gasteiger partial charge in [-0.2, -0.15) is 0 Å². The molecule has 0 amide bonds. The summed E-state index contributed by atoms with van der Waals surface area (Å²) in [4.78, 5) is 0. The number of methoxy groups -OCH3 is 2. The van der Waals surface area contributed by atoms with Crippen LogP contribution in [0, 0.1) is 5.82 Å². The van der Waals surface area contributed by atoms with Crippen LogP contribution in [0.4, 0.5) is 4.39 Å². The van der Waals surface area contributed by atoms with Crippen molar-refractivity contribution in [2.75, 3.05) is 14.2 Å². The van der Waals surface area contributed by atoms with Crippen molar-refractivity contribution in [3.05, 3.63) is 53.3 Å². The Morgan fingerprint density at radius 1 is 0.952 bits per heavy atom. The Hall–Kier alpha value is -2.27. The van der Waals surface area contributed by atoms with E-state index in [-0.39, 0.29) is 13.2 Å². The molecule has 0 saturated carbocycles. The Balaban J connectivity index is 2.13. The lowest BCUT2D eigenvalue weighted by molar-refractivity contribution is 0.257. The fourth-order valence-corrected chi connectivity index (χ4v) is 1.94. The highest BCUT2D eigenvalue weighted by Gasteiger charge is 2.07. The molecule has 2 aromatic rings. The quantitative estimate of drug-likeness (QED) is 0.889. The van der Waals surface area contributed by atoms with E-state index < -0.39 is 5.82 Å². The number of rotatable bonds is 6. The van der Waals surface area contributed by atoms with E-state index in [0.29, 0.717) is 22.8 Å². The molecule has 0 atom stereocenters. The molecule has 0 saturated heterocycles. The molecule has 0 aliphatic carbocycles. The van der Waals surface area contributed by atoms with E-state index in [0.717, 1.165) is 5.56 Å². The van der Waals surface area contributed by atoms with Crippen molar-refractivity contribution >= 4 is 0 Å². The monoisotopic (exact) mass is 292 g/mol. The van der Waals surface area contributed by atoms with E-state index in [9.17, 15) is 9.50 Å². The Labute approximate surface area is 122 Å². The van der Waals surface area contributed by atoms with Crippen molar-refractivity contribution in [1.82, 2.24) is 0 Å². The van der Waals surface area contributed by atoms with Crippen LogP contribution in [0.1, 0.15) is 11.1 Å². The molecular weight excluding hydrogens is 275 g/mol. The molecule has 4 nitrogen and oxygen atoms in total. The highest BCUT2D eigenvalue weighted by atomic mass is 19.1. The van der Waals surface area contributed by atoms with Crippen molar-refractivity contribution in [2.24, 2.45) is 0 Å². The summed E-state index contributed by atoms with van der Waals surface area (Å²) >= 11 is 0. The van der Waals surface area contributed by atoms with Crippen molar-refractivity contribution in [3.8, 4) is 17.2 Å².